The lowest BCUT2D eigenvalue weighted by atomic mass is 9.59. The number of anilines is 4. The number of carbonyl (C=O) groups excluding carboxylic acids is 1. The van der Waals surface area contributed by atoms with E-state index < -0.39 is 37.5 Å². The molecule has 0 unspecified atom stereocenters. The van der Waals surface area contributed by atoms with Crippen LogP contribution in [0, 0.1) is 22.5 Å². The molecule has 3 aromatic carbocycles. The smallest absolute Gasteiger partial charge is 0.297 e. The number of pyridine rings is 1. The Balaban J connectivity index is 0.762. The number of hydrogen-bond acceptors (Lipinski definition) is 16. The first-order chi connectivity index (χ1) is 35.9. The monoisotopic (exact) mass is 1030 g/mol. The third-order valence-electron chi connectivity index (χ3n) is 17.6. The Labute approximate surface area is 430 Å². The predicted molar refractivity (Wildman–Crippen MR) is 278 cm³/mol. The molecule has 390 valence electrons. The number of nitrogens with one attached hydrogen (secondary N) is 3. The summed E-state index contributed by atoms with van der Waals surface area (Å²) < 4.78 is 55.1. The Morgan fingerprint density at radius 1 is 0.919 bits per heavy atom. The van der Waals surface area contributed by atoms with Gasteiger partial charge in [-0.15, -0.1) is 0 Å². The molecule has 5 aromatic rings. The standard InChI is InChI=1S/C54H64N10O9S/c1-33-6-3-4-7-41(33)43-8-5-15-62(43)38-24-54(25-38)12-16-60(17-13-54)37-9-10-42(44(21-37)63-46-20-35-11-14-55-51(35)57-53(46)73-49-32-71-31-47(49)63)52(65)58-74(68,69)40-22-45(64(66)67)50-48(23-40)72-28-36(56-50)27-59-18-19-61(34(2)26-59)39-29-70-30-39/h3-4,6-7,9-11,14,20-23,34,36,38-39,43,47,49,56H,5,8,12-13,15-19,24-32H2,1-2H3,(H,55,57)(H,58,65)/t34-,36+,43+,47+,49-/m1/s1. The SMILES string of the molecule is Cc1ccccc1[C@@H]1CCCN1C1CC2(CCN(c3ccc(C(=O)NS(=O)(=O)c4cc5c(c([N+](=O)[O-])c4)N[C@@H](CN4CCN(C6COC6)[C@H](C)C4)CO5)c(N4c5cc6cc[nH]c6nc5O[C@@H]5COC[C@@H]54)c3)CC2)C1. The molecule has 1 amide bonds. The molecule has 6 fully saturated rings. The van der Waals surface area contributed by atoms with Gasteiger partial charge in [0.2, 0.25) is 5.88 Å². The molecule has 3 N–H and O–H groups in total. The molecule has 0 radical (unpaired) electrons. The van der Waals surface area contributed by atoms with Gasteiger partial charge in [0.05, 0.1) is 65.6 Å². The molecule has 8 aliphatic rings. The largest absolute Gasteiger partial charge is 0.489 e. The van der Waals surface area contributed by atoms with Crippen molar-refractivity contribution in [2.75, 3.05) is 94.0 Å². The van der Waals surface area contributed by atoms with Gasteiger partial charge < -0.3 is 39.0 Å². The maximum Gasteiger partial charge on any atom is 0.297 e. The van der Waals surface area contributed by atoms with Gasteiger partial charge in [0.25, 0.3) is 21.6 Å². The summed E-state index contributed by atoms with van der Waals surface area (Å²) in [6.07, 6.45) is 8.32. The number of H-pyrrole nitrogens is 1. The number of piperidine rings is 1. The summed E-state index contributed by atoms with van der Waals surface area (Å²) in [6.45, 7) is 12.7. The maximum absolute atomic E-state index is 14.8. The Kier molecular flexibility index (Phi) is 12.0. The number of rotatable bonds is 11. The molecule has 13 rings (SSSR count). The average molecular weight is 1030 g/mol. The van der Waals surface area contributed by atoms with Crippen molar-refractivity contribution < 1.29 is 37.1 Å². The van der Waals surface area contributed by atoms with Crippen LogP contribution in [0.3, 0.4) is 0 Å². The van der Waals surface area contributed by atoms with E-state index in [1.54, 1.807) is 6.07 Å². The van der Waals surface area contributed by atoms with E-state index in [1.807, 2.05) is 35.4 Å². The van der Waals surface area contributed by atoms with E-state index in [2.05, 4.69) is 72.7 Å². The second-order valence-electron chi connectivity index (χ2n) is 22.1. The summed E-state index contributed by atoms with van der Waals surface area (Å²) in [5.74, 6) is -0.499. The number of nitrogens with zero attached hydrogens (tertiary/aromatic N) is 7. The zero-order valence-corrected chi connectivity index (χ0v) is 42.7. The van der Waals surface area contributed by atoms with E-state index in [-0.39, 0.29) is 41.1 Å². The van der Waals surface area contributed by atoms with E-state index >= 15 is 0 Å². The van der Waals surface area contributed by atoms with Crippen LogP contribution in [0.1, 0.15) is 73.0 Å². The van der Waals surface area contributed by atoms with Gasteiger partial charge >= 0.3 is 0 Å². The fourth-order valence-electron chi connectivity index (χ4n) is 13.6. The highest BCUT2D eigenvalue weighted by Crippen LogP contribution is 2.55. The normalized spacial score (nSPS) is 26.3. The number of nitro groups is 1. The van der Waals surface area contributed by atoms with E-state index in [0.29, 0.717) is 66.8 Å². The first-order valence-corrected chi connectivity index (χ1v) is 27.9. The molecule has 20 heteroatoms. The Morgan fingerprint density at radius 3 is 2.53 bits per heavy atom. The third kappa shape index (κ3) is 8.50. The van der Waals surface area contributed by atoms with Crippen molar-refractivity contribution in [3.63, 3.8) is 0 Å². The fraction of sp³-hybridized carbons (Fsp3) is 0.519. The van der Waals surface area contributed by atoms with E-state index in [9.17, 15) is 23.3 Å². The molecule has 7 aliphatic heterocycles. The molecular formula is C54H64N10O9S. The number of benzene rings is 3. The molecule has 5 saturated heterocycles. The minimum atomic E-state index is -4.70. The predicted octanol–water partition coefficient (Wildman–Crippen LogP) is 6.36. The van der Waals surface area contributed by atoms with Crippen molar-refractivity contribution in [2.45, 2.75) is 99.6 Å². The van der Waals surface area contributed by atoms with Gasteiger partial charge in [-0.3, -0.25) is 29.6 Å². The number of amides is 1. The number of aromatic nitrogens is 2. The molecule has 1 aliphatic carbocycles. The maximum atomic E-state index is 14.8. The van der Waals surface area contributed by atoms with Crippen LogP contribution in [-0.4, -0.2) is 159 Å². The lowest BCUT2D eigenvalue weighted by Gasteiger charge is -2.56. The minimum absolute atomic E-state index is 0.0282. The van der Waals surface area contributed by atoms with Crippen LogP contribution in [0.25, 0.3) is 11.0 Å². The zero-order valence-electron chi connectivity index (χ0n) is 41.9. The number of fused-ring (bicyclic) bond motifs is 4. The first-order valence-electron chi connectivity index (χ1n) is 26.4. The summed E-state index contributed by atoms with van der Waals surface area (Å²) in [4.78, 5) is 46.3. The number of aryl methyl sites for hydroxylation is 1. The van der Waals surface area contributed by atoms with Crippen LogP contribution < -0.4 is 29.3 Å². The van der Waals surface area contributed by atoms with Crippen LogP contribution in [0.2, 0.25) is 0 Å². The molecule has 1 spiro atoms. The van der Waals surface area contributed by atoms with Gasteiger partial charge in [0, 0.05) is 86.8 Å². The lowest BCUT2D eigenvalue weighted by molar-refractivity contribution is -0.384. The fourth-order valence-corrected chi connectivity index (χ4v) is 14.6. The highest BCUT2D eigenvalue weighted by atomic mass is 32.2. The molecule has 2 aromatic heterocycles. The molecule has 0 bridgehead atoms. The topological polar surface area (TPSA) is 200 Å². The third-order valence-corrected chi connectivity index (χ3v) is 18.9. The molecule has 1 saturated carbocycles. The molecule has 74 heavy (non-hydrogen) atoms. The van der Waals surface area contributed by atoms with Gasteiger partial charge in [0.15, 0.2) is 11.4 Å². The Bertz CT molecular complexity index is 3120. The van der Waals surface area contributed by atoms with Gasteiger partial charge in [-0.25, -0.2) is 13.1 Å². The molecule has 19 nitrogen and oxygen atoms in total. The van der Waals surface area contributed by atoms with Crippen molar-refractivity contribution >= 4 is 55.4 Å². The van der Waals surface area contributed by atoms with Gasteiger partial charge in [-0.2, -0.15) is 4.98 Å². The van der Waals surface area contributed by atoms with Crippen molar-refractivity contribution in [1.29, 1.82) is 0 Å². The highest BCUT2D eigenvalue weighted by molar-refractivity contribution is 7.90. The van der Waals surface area contributed by atoms with Gasteiger partial charge in [-0.05, 0) is 106 Å². The molecule has 5 atom stereocenters. The number of likely N-dealkylation sites (tertiary alicyclic amines) is 1. The van der Waals surface area contributed by atoms with Crippen LogP contribution in [-0.2, 0) is 19.5 Å². The van der Waals surface area contributed by atoms with E-state index in [0.717, 1.165) is 82.5 Å². The summed E-state index contributed by atoms with van der Waals surface area (Å²) in [5, 5.41) is 16.8. The number of piperazine rings is 1. The molecular weight excluding hydrogens is 965 g/mol. The Hall–Kier alpha value is -6.03. The summed E-state index contributed by atoms with van der Waals surface area (Å²) in [5.41, 5.74) is 5.52. The number of ether oxygens (including phenoxy) is 4. The van der Waals surface area contributed by atoms with E-state index in [4.69, 9.17) is 23.9 Å². The number of carbonyl (C=O) groups is 1. The van der Waals surface area contributed by atoms with Crippen LogP contribution >= 0.6 is 0 Å². The number of hydrogen-bond donors (Lipinski definition) is 3. The summed E-state index contributed by atoms with van der Waals surface area (Å²) in [7, 11) is -4.70. The Morgan fingerprint density at radius 2 is 1.74 bits per heavy atom. The number of nitro benzene ring substituents is 1. The second-order valence-corrected chi connectivity index (χ2v) is 23.7. The number of aromatic amines is 1. The minimum Gasteiger partial charge on any atom is -0.489 e. The van der Waals surface area contributed by atoms with Crippen LogP contribution in [0.15, 0.2) is 77.8 Å². The molecule has 9 heterocycles. The number of sulfonamides is 1. The zero-order chi connectivity index (χ0) is 50.5. The van der Waals surface area contributed by atoms with Crippen LogP contribution in [0.5, 0.6) is 11.6 Å². The first kappa shape index (κ1) is 47.7. The van der Waals surface area contributed by atoms with Crippen molar-refractivity contribution in [3.8, 4) is 11.6 Å². The average Bonchev–Trinajstić information content (AvgIpc) is 4.17. The van der Waals surface area contributed by atoms with Crippen LogP contribution in [0.4, 0.5) is 28.4 Å². The highest BCUT2D eigenvalue weighted by Gasteiger charge is 2.50. The van der Waals surface area contributed by atoms with E-state index in [1.165, 1.54) is 42.9 Å². The second kappa shape index (κ2) is 18.7. The van der Waals surface area contributed by atoms with Gasteiger partial charge in [0.1, 0.15) is 24.0 Å². The van der Waals surface area contributed by atoms with Crippen molar-refractivity contribution in [1.82, 2.24) is 29.4 Å². The van der Waals surface area contributed by atoms with Crippen molar-refractivity contribution in [2.24, 2.45) is 5.41 Å². The van der Waals surface area contributed by atoms with Gasteiger partial charge in [-0.1, -0.05) is 24.3 Å². The lowest BCUT2D eigenvalue weighted by Crippen LogP contribution is -2.61. The summed E-state index contributed by atoms with van der Waals surface area (Å²) >= 11 is 0. The van der Waals surface area contributed by atoms with Crippen molar-refractivity contribution in [3.05, 3.63) is 99.7 Å². The summed E-state index contributed by atoms with van der Waals surface area (Å²) in [6, 6.07) is 21.7. The quantitative estimate of drug-likeness (QED) is 0.0974.